The molecule has 3 aromatic rings. The summed E-state index contributed by atoms with van der Waals surface area (Å²) in [6, 6.07) is 12.4. The summed E-state index contributed by atoms with van der Waals surface area (Å²) in [7, 11) is 0. The minimum atomic E-state index is -1.05. The molecule has 13 nitrogen and oxygen atoms in total. The van der Waals surface area contributed by atoms with Crippen LogP contribution in [0.25, 0.3) is 10.6 Å². The molecule has 1 saturated heterocycles. The van der Waals surface area contributed by atoms with Crippen LogP contribution in [0.1, 0.15) is 58.2 Å². The van der Waals surface area contributed by atoms with Gasteiger partial charge in [-0.15, -0.1) is 11.3 Å². The average molecular weight is 733 g/mol. The third kappa shape index (κ3) is 10.2. The molecule has 52 heavy (non-hydrogen) atoms. The van der Waals surface area contributed by atoms with Gasteiger partial charge in [0.2, 0.25) is 29.5 Å². The van der Waals surface area contributed by atoms with Gasteiger partial charge in [-0.25, -0.2) is 4.98 Å². The summed E-state index contributed by atoms with van der Waals surface area (Å²) in [5.74, 6) is -1.71. The van der Waals surface area contributed by atoms with Crippen LogP contribution in [0.4, 0.5) is 0 Å². The standard InChI is InChI=1S/C38H48N6O7S/c1-5-30-38(50)44-19-28(45)18-32(44)36(49)39-23(4)34(47)40-26(15-22(2)3)20-51-29-13-11-24(12-14-29)16-31(35(48)43-30)42-33(46)17-27-21-52-37(41-27)25-9-7-6-8-10-25/h6-14,21-23,26,28,30-32,45H,5,15-20H2,1-4H3,(H,39,49)(H,40,47)(H,42,46)(H,43,48)/t23-,26+,28-,30+,31+,32+/m1/s1. The molecule has 0 saturated carbocycles. The molecule has 1 fully saturated rings. The van der Waals surface area contributed by atoms with E-state index in [-0.39, 0.29) is 50.8 Å². The van der Waals surface area contributed by atoms with Gasteiger partial charge in [0.25, 0.3) is 0 Å². The summed E-state index contributed by atoms with van der Waals surface area (Å²) in [6.07, 6.45) is -0.0942. The fraction of sp³-hybridized carbons (Fsp3) is 0.474. The Morgan fingerprint density at radius 2 is 1.75 bits per heavy atom. The number of benzene rings is 2. The van der Waals surface area contributed by atoms with Crippen molar-refractivity contribution >= 4 is 40.9 Å². The monoisotopic (exact) mass is 732 g/mol. The molecule has 1 aromatic heterocycles. The normalized spacial score (nSPS) is 24.8. The first-order valence-corrected chi connectivity index (χ1v) is 18.7. The number of amides is 5. The second-order valence-electron chi connectivity index (χ2n) is 13.9. The van der Waals surface area contributed by atoms with Crippen LogP contribution in [0, 0.1) is 5.92 Å². The van der Waals surface area contributed by atoms with Crippen LogP contribution in [0.3, 0.4) is 0 Å². The van der Waals surface area contributed by atoms with Gasteiger partial charge in [-0.3, -0.25) is 24.0 Å². The Kier molecular flexibility index (Phi) is 13.0. The molecule has 278 valence electrons. The summed E-state index contributed by atoms with van der Waals surface area (Å²) in [6.45, 7) is 7.43. The van der Waals surface area contributed by atoms with E-state index in [1.54, 1.807) is 38.1 Å². The highest BCUT2D eigenvalue weighted by molar-refractivity contribution is 7.13. The second kappa shape index (κ2) is 17.6. The second-order valence-corrected chi connectivity index (χ2v) is 14.8. The van der Waals surface area contributed by atoms with Crippen molar-refractivity contribution < 1.29 is 33.8 Å². The molecule has 6 atom stereocenters. The number of hydrogen-bond acceptors (Lipinski definition) is 9. The van der Waals surface area contributed by atoms with Crippen LogP contribution in [0.15, 0.2) is 60.0 Å². The van der Waals surface area contributed by atoms with Crippen molar-refractivity contribution in [2.24, 2.45) is 5.92 Å². The molecule has 2 bridgehead atoms. The van der Waals surface area contributed by atoms with E-state index in [9.17, 15) is 29.1 Å². The van der Waals surface area contributed by atoms with Crippen LogP contribution >= 0.6 is 11.3 Å². The van der Waals surface area contributed by atoms with E-state index in [2.05, 4.69) is 26.3 Å². The quantitative estimate of drug-likeness (QED) is 0.230. The molecule has 3 aliphatic heterocycles. The lowest BCUT2D eigenvalue weighted by atomic mass is 10.0. The zero-order valence-corrected chi connectivity index (χ0v) is 30.8. The molecule has 5 amide bonds. The highest BCUT2D eigenvalue weighted by atomic mass is 32.1. The number of aliphatic hydroxyl groups excluding tert-OH is 1. The summed E-state index contributed by atoms with van der Waals surface area (Å²) in [5, 5.41) is 24.4. The predicted molar refractivity (Wildman–Crippen MR) is 196 cm³/mol. The molecule has 2 aromatic carbocycles. The zero-order valence-electron chi connectivity index (χ0n) is 30.0. The number of aromatic nitrogens is 1. The smallest absolute Gasteiger partial charge is 0.245 e. The predicted octanol–water partition coefficient (Wildman–Crippen LogP) is 2.36. The molecule has 0 spiro atoms. The highest BCUT2D eigenvalue weighted by Crippen LogP contribution is 2.24. The van der Waals surface area contributed by atoms with E-state index in [0.717, 1.165) is 16.1 Å². The van der Waals surface area contributed by atoms with Gasteiger partial charge in [-0.05, 0) is 43.4 Å². The van der Waals surface area contributed by atoms with Crippen molar-refractivity contribution in [3.63, 3.8) is 0 Å². The van der Waals surface area contributed by atoms with E-state index < -0.39 is 59.8 Å². The first kappa shape index (κ1) is 38.4. The number of fused-ring (bicyclic) bond motifs is 14. The Balaban J connectivity index is 1.40. The summed E-state index contributed by atoms with van der Waals surface area (Å²) >= 11 is 1.43. The maximum atomic E-state index is 13.9. The molecule has 0 radical (unpaired) electrons. The number of carbonyl (C=O) groups excluding carboxylic acids is 5. The molecular weight excluding hydrogens is 685 g/mol. The molecule has 0 aliphatic carbocycles. The lowest BCUT2D eigenvalue weighted by Gasteiger charge is -2.30. The fourth-order valence-electron chi connectivity index (χ4n) is 6.43. The SMILES string of the molecule is CC[C@@H]1NC(=O)[C@@H](NC(=O)Cc2csc(-c3ccccc3)n2)Cc2ccc(cc2)OC[C@H](CC(C)C)NC(=O)[C@@H](C)NC(=O)[C@@H]2C[C@@H](O)CN2C1=O. The lowest BCUT2D eigenvalue weighted by molar-refractivity contribution is -0.142. The van der Waals surface area contributed by atoms with Crippen LogP contribution in [0.5, 0.6) is 5.75 Å². The molecule has 0 unspecified atom stereocenters. The van der Waals surface area contributed by atoms with Gasteiger partial charge in [0, 0.05) is 30.3 Å². The summed E-state index contributed by atoms with van der Waals surface area (Å²) < 4.78 is 6.05. The Labute approximate surface area is 307 Å². The fourth-order valence-corrected chi connectivity index (χ4v) is 7.26. The van der Waals surface area contributed by atoms with Gasteiger partial charge in [0.15, 0.2) is 0 Å². The van der Waals surface area contributed by atoms with Gasteiger partial charge >= 0.3 is 0 Å². The lowest BCUT2D eigenvalue weighted by Crippen LogP contribution is -2.58. The van der Waals surface area contributed by atoms with Crippen molar-refractivity contribution in [3.05, 3.63) is 71.2 Å². The molecule has 14 heteroatoms. The number of nitrogens with one attached hydrogen (secondary N) is 4. The third-order valence-electron chi connectivity index (χ3n) is 9.12. The van der Waals surface area contributed by atoms with Gasteiger partial charge in [0.05, 0.1) is 24.3 Å². The molecule has 5 N–H and O–H groups in total. The van der Waals surface area contributed by atoms with Gasteiger partial charge in [0.1, 0.15) is 41.5 Å². The third-order valence-corrected chi connectivity index (χ3v) is 10.1. The zero-order chi connectivity index (χ0) is 37.4. The topological polar surface area (TPSA) is 179 Å². The first-order chi connectivity index (χ1) is 24.9. The number of hydrogen-bond donors (Lipinski definition) is 5. The summed E-state index contributed by atoms with van der Waals surface area (Å²) in [4.78, 5) is 73.7. The average Bonchev–Trinajstić information content (AvgIpc) is 3.75. The Morgan fingerprint density at radius 1 is 1.02 bits per heavy atom. The van der Waals surface area contributed by atoms with Crippen molar-refractivity contribution in [3.8, 4) is 16.3 Å². The summed E-state index contributed by atoms with van der Waals surface area (Å²) in [5.41, 5.74) is 2.24. The van der Waals surface area contributed by atoms with E-state index in [1.165, 1.54) is 16.2 Å². The van der Waals surface area contributed by atoms with Crippen molar-refractivity contribution in [2.75, 3.05) is 13.2 Å². The van der Waals surface area contributed by atoms with Crippen LogP contribution in [0.2, 0.25) is 0 Å². The van der Waals surface area contributed by atoms with Crippen LogP contribution in [-0.4, -0.2) is 94.0 Å². The van der Waals surface area contributed by atoms with Gasteiger partial charge in [-0.2, -0.15) is 0 Å². The number of aliphatic hydroxyl groups is 1. The number of rotatable bonds is 7. The molecule has 6 rings (SSSR count). The molecule has 4 heterocycles. The van der Waals surface area contributed by atoms with Crippen LogP contribution < -0.4 is 26.0 Å². The largest absolute Gasteiger partial charge is 0.491 e. The molecular formula is C38H48N6O7S. The Bertz CT molecular complexity index is 1720. The van der Waals surface area contributed by atoms with E-state index in [0.29, 0.717) is 17.9 Å². The van der Waals surface area contributed by atoms with E-state index in [1.807, 2.05) is 49.6 Å². The maximum Gasteiger partial charge on any atom is 0.245 e. The van der Waals surface area contributed by atoms with Crippen molar-refractivity contribution in [1.29, 1.82) is 0 Å². The van der Waals surface area contributed by atoms with Crippen LogP contribution in [-0.2, 0) is 36.8 Å². The highest BCUT2D eigenvalue weighted by Gasteiger charge is 2.42. The molecule has 3 aliphatic rings. The van der Waals surface area contributed by atoms with E-state index >= 15 is 0 Å². The Hall–Kier alpha value is -4.82. The van der Waals surface area contributed by atoms with Crippen molar-refractivity contribution in [2.45, 2.75) is 96.1 Å². The number of carbonyl (C=O) groups is 5. The number of nitrogens with zero attached hydrogens (tertiary/aromatic N) is 2. The number of thiazole rings is 1. The minimum Gasteiger partial charge on any atom is -0.491 e. The van der Waals surface area contributed by atoms with Crippen molar-refractivity contribution in [1.82, 2.24) is 31.2 Å². The van der Waals surface area contributed by atoms with E-state index in [4.69, 9.17) is 4.74 Å². The first-order valence-electron chi connectivity index (χ1n) is 17.8. The Morgan fingerprint density at radius 3 is 2.44 bits per heavy atom. The minimum absolute atomic E-state index is 0.0169. The number of ether oxygens (including phenoxy) is 1. The maximum absolute atomic E-state index is 13.9. The van der Waals surface area contributed by atoms with Gasteiger partial charge < -0.3 is 36.0 Å². The van der Waals surface area contributed by atoms with Gasteiger partial charge in [-0.1, -0.05) is 63.2 Å².